The van der Waals surface area contributed by atoms with Gasteiger partial charge in [0.15, 0.2) is 0 Å². The minimum atomic E-state index is -0.401. The monoisotopic (exact) mass is 282 g/mol. The lowest BCUT2D eigenvalue weighted by Crippen LogP contribution is -2.64. The molecular formula is C18H22N2O. The lowest BCUT2D eigenvalue weighted by molar-refractivity contribution is -0.142. The molecule has 0 aliphatic heterocycles. The van der Waals surface area contributed by atoms with Crippen LogP contribution in [0.4, 0.5) is 0 Å². The molecule has 0 spiro atoms. The van der Waals surface area contributed by atoms with Crippen molar-refractivity contribution in [3.63, 3.8) is 0 Å². The Labute approximate surface area is 126 Å². The van der Waals surface area contributed by atoms with E-state index in [2.05, 4.69) is 11.4 Å². The molecule has 2 atom stereocenters. The van der Waals surface area contributed by atoms with Crippen molar-refractivity contribution < 1.29 is 5.11 Å². The predicted octanol–water partition coefficient (Wildman–Crippen LogP) is 2.73. The smallest absolute Gasteiger partial charge is 0.0991 e. The summed E-state index contributed by atoms with van der Waals surface area (Å²) in [5.74, 6) is 1.43. The van der Waals surface area contributed by atoms with Gasteiger partial charge in [0.25, 0.3) is 0 Å². The fraction of sp³-hybridized carbons (Fsp3) is 0.611. The summed E-state index contributed by atoms with van der Waals surface area (Å²) in [6.45, 7) is 0.835. The lowest BCUT2D eigenvalue weighted by Gasteiger charge is -2.60. The van der Waals surface area contributed by atoms with Gasteiger partial charge in [-0.15, -0.1) is 0 Å². The van der Waals surface area contributed by atoms with Gasteiger partial charge in [0.2, 0.25) is 0 Å². The third kappa shape index (κ3) is 2.37. The highest BCUT2D eigenvalue weighted by Crippen LogP contribution is 2.57. The Morgan fingerprint density at radius 3 is 2.38 bits per heavy atom. The quantitative estimate of drug-likeness (QED) is 0.896. The number of benzene rings is 1. The SMILES string of the molecule is N#Cc1ccc(CNC23CC4CC(CC(O)(C4)C2)C3)cc1. The van der Waals surface area contributed by atoms with Crippen LogP contribution >= 0.6 is 0 Å². The molecule has 110 valence electrons. The lowest BCUT2D eigenvalue weighted by atomic mass is 9.51. The van der Waals surface area contributed by atoms with Crippen molar-refractivity contribution in [3.05, 3.63) is 35.4 Å². The summed E-state index contributed by atoms with van der Waals surface area (Å²) in [6.07, 6.45) is 6.73. The Hall–Kier alpha value is -1.37. The molecule has 0 saturated heterocycles. The van der Waals surface area contributed by atoms with Crippen LogP contribution in [0.2, 0.25) is 0 Å². The fourth-order valence-corrected chi connectivity index (χ4v) is 5.41. The highest BCUT2D eigenvalue weighted by molar-refractivity contribution is 5.31. The van der Waals surface area contributed by atoms with Crippen molar-refractivity contribution in [3.8, 4) is 6.07 Å². The van der Waals surface area contributed by atoms with Crippen molar-refractivity contribution in [2.45, 2.75) is 56.2 Å². The molecule has 2 unspecified atom stereocenters. The molecule has 2 N–H and O–H groups in total. The van der Waals surface area contributed by atoms with Gasteiger partial charge in [-0.3, -0.25) is 0 Å². The van der Waals surface area contributed by atoms with Gasteiger partial charge in [0, 0.05) is 12.1 Å². The van der Waals surface area contributed by atoms with E-state index in [9.17, 15) is 5.11 Å². The molecule has 5 rings (SSSR count). The maximum atomic E-state index is 10.8. The molecule has 1 aromatic rings. The van der Waals surface area contributed by atoms with Crippen LogP contribution in [0.25, 0.3) is 0 Å². The van der Waals surface area contributed by atoms with E-state index in [1.807, 2.05) is 24.3 Å². The second-order valence-corrected chi connectivity index (χ2v) is 7.63. The second-order valence-electron chi connectivity index (χ2n) is 7.63. The van der Waals surface area contributed by atoms with Crippen molar-refractivity contribution >= 4 is 0 Å². The molecule has 4 aliphatic carbocycles. The fourth-order valence-electron chi connectivity index (χ4n) is 5.41. The Bertz CT molecular complexity index is 572. The van der Waals surface area contributed by atoms with Crippen molar-refractivity contribution in [2.75, 3.05) is 0 Å². The highest BCUT2D eigenvalue weighted by Gasteiger charge is 2.56. The van der Waals surface area contributed by atoms with Crippen LogP contribution in [0, 0.1) is 23.2 Å². The van der Waals surface area contributed by atoms with E-state index in [1.165, 1.54) is 24.8 Å². The molecule has 4 aliphatic rings. The van der Waals surface area contributed by atoms with E-state index in [-0.39, 0.29) is 5.54 Å². The van der Waals surface area contributed by atoms with Gasteiger partial charge in [-0.2, -0.15) is 5.26 Å². The molecule has 21 heavy (non-hydrogen) atoms. The summed E-state index contributed by atoms with van der Waals surface area (Å²) >= 11 is 0. The van der Waals surface area contributed by atoms with E-state index in [1.54, 1.807) is 0 Å². The number of nitriles is 1. The van der Waals surface area contributed by atoms with E-state index >= 15 is 0 Å². The number of rotatable bonds is 3. The first kappa shape index (κ1) is 13.3. The largest absolute Gasteiger partial charge is 0.390 e. The van der Waals surface area contributed by atoms with Gasteiger partial charge >= 0.3 is 0 Å². The Kier molecular flexibility index (Phi) is 2.89. The summed E-state index contributed by atoms with van der Waals surface area (Å²) in [6, 6.07) is 9.97. The maximum Gasteiger partial charge on any atom is 0.0991 e. The predicted molar refractivity (Wildman–Crippen MR) is 80.4 cm³/mol. The minimum absolute atomic E-state index is 0.146. The van der Waals surface area contributed by atoms with E-state index in [4.69, 9.17) is 5.26 Å². The first-order chi connectivity index (χ1) is 10.1. The summed E-state index contributed by atoms with van der Waals surface area (Å²) in [5.41, 5.74) is 1.67. The molecule has 0 aromatic heterocycles. The van der Waals surface area contributed by atoms with E-state index in [0.717, 1.165) is 25.8 Å². The van der Waals surface area contributed by atoms with Gasteiger partial charge in [0.05, 0.1) is 17.2 Å². The average Bonchev–Trinajstić information content (AvgIpc) is 2.43. The summed E-state index contributed by atoms with van der Waals surface area (Å²) in [4.78, 5) is 0. The molecule has 1 aromatic carbocycles. The molecule has 0 radical (unpaired) electrons. The Morgan fingerprint density at radius 2 is 1.81 bits per heavy atom. The molecular weight excluding hydrogens is 260 g/mol. The minimum Gasteiger partial charge on any atom is -0.390 e. The zero-order valence-electron chi connectivity index (χ0n) is 12.3. The average molecular weight is 282 g/mol. The number of hydrogen-bond acceptors (Lipinski definition) is 3. The van der Waals surface area contributed by atoms with Crippen molar-refractivity contribution in [1.29, 1.82) is 5.26 Å². The van der Waals surface area contributed by atoms with E-state index < -0.39 is 5.60 Å². The zero-order valence-corrected chi connectivity index (χ0v) is 12.3. The molecule has 4 bridgehead atoms. The van der Waals surface area contributed by atoms with Crippen LogP contribution in [0.5, 0.6) is 0 Å². The van der Waals surface area contributed by atoms with Gasteiger partial charge < -0.3 is 10.4 Å². The normalized spacial score (nSPS) is 40.2. The van der Waals surface area contributed by atoms with Gasteiger partial charge in [-0.25, -0.2) is 0 Å². The van der Waals surface area contributed by atoms with Crippen LogP contribution in [0.1, 0.15) is 49.7 Å². The number of nitrogens with zero attached hydrogens (tertiary/aromatic N) is 1. The third-order valence-corrected chi connectivity index (χ3v) is 5.78. The van der Waals surface area contributed by atoms with Gasteiger partial charge in [-0.1, -0.05) is 12.1 Å². The van der Waals surface area contributed by atoms with Crippen LogP contribution in [0.15, 0.2) is 24.3 Å². The number of aliphatic hydroxyl groups is 1. The summed E-state index contributed by atoms with van der Waals surface area (Å²) in [5, 5.41) is 23.4. The van der Waals surface area contributed by atoms with Crippen LogP contribution in [-0.2, 0) is 6.54 Å². The summed E-state index contributed by atoms with van der Waals surface area (Å²) < 4.78 is 0. The third-order valence-electron chi connectivity index (χ3n) is 5.78. The number of nitrogens with one attached hydrogen (secondary N) is 1. The summed E-state index contributed by atoms with van der Waals surface area (Å²) in [7, 11) is 0. The maximum absolute atomic E-state index is 10.8. The zero-order chi connectivity index (χ0) is 14.5. The topological polar surface area (TPSA) is 56.0 Å². The van der Waals surface area contributed by atoms with Crippen molar-refractivity contribution in [1.82, 2.24) is 5.32 Å². The standard InChI is InChI=1S/C18H22N2O/c19-10-13-1-3-14(4-2-13)11-20-17-6-15-5-16(7-17)9-18(21,8-15)12-17/h1-4,15-16,20-21H,5-9,11-12H2. The Balaban J connectivity index is 1.48. The highest BCUT2D eigenvalue weighted by atomic mass is 16.3. The van der Waals surface area contributed by atoms with Gasteiger partial charge in [0.1, 0.15) is 0 Å². The molecule has 3 nitrogen and oxygen atoms in total. The van der Waals surface area contributed by atoms with Crippen LogP contribution in [-0.4, -0.2) is 16.2 Å². The second kappa shape index (κ2) is 4.56. The first-order valence-electron chi connectivity index (χ1n) is 8.05. The van der Waals surface area contributed by atoms with Crippen LogP contribution < -0.4 is 5.32 Å². The molecule has 4 fully saturated rings. The molecule has 3 heteroatoms. The molecule has 4 saturated carbocycles. The van der Waals surface area contributed by atoms with Crippen LogP contribution in [0.3, 0.4) is 0 Å². The van der Waals surface area contributed by atoms with Gasteiger partial charge in [-0.05, 0) is 68.1 Å². The molecule has 0 amide bonds. The van der Waals surface area contributed by atoms with Crippen molar-refractivity contribution in [2.24, 2.45) is 11.8 Å². The Morgan fingerprint density at radius 1 is 1.14 bits per heavy atom. The number of hydrogen-bond donors (Lipinski definition) is 2. The van der Waals surface area contributed by atoms with E-state index in [0.29, 0.717) is 17.4 Å². The first-order valence-corrected chi connectivity index (χ1v) is 8.05. The molecule has 0 heterocycles.